The molecule has 1 aliphatic rings. The van der Waals surface area contributed by atoms with Crippen LogP contribution >= 0.6 is 35.6 Å². The van der Waals surface area contributed by atoms with Crippen LogP contribution in [-0.4, -0.2) is 6.04 Å². The third-order valence-corrected chi connectivity index (χ3v) is 2.76. The molecule has 1 saturated carbocycles. The standard InChI is InChI=1S/C9H9Cl2N.ClH/c10-5-1-2-6(8(11)3-5)7-4-9(7)12;/h1-3,7,9H,4,12H2;1H/t7-,9+;/m0./s1. The molecule has 0 amide bonds. The maximum atomic E-state index is 5.99. The predicted octanol–water partition coefficient (Wildman–Crippen LogP) is 3.23. The minimum atomic E-state index is 0. The van der Waals surface area contributed by atoms with Gasteiger partial charge in [-0.3, -0.25) is 0 Å². The molecule has 0 aromatic heterocycles. The minimum absolute atomic E-state index is 0. The summed E-state index contributed by atoms with van der Waals surface area (Å²) in [4.78, 5) is 0. The van der Waals surface area contributed by atoms with Gasteiger partial charge >= 0.3 is 0 Å². The molecule has 1 aliphatic carbocycles. The van der Waals surface area contributed by atoms with Crippen LogP contribution in [0.15, 0.2) is 18.2 Å². The molecule has 2 atom stereocenters. The molecule has 1 aromatic rings. The van der Waals surface area contributed by atoms with Gasteiger partial charge in [-0.1, -0.05) is 29.3 Å². The van der Waals surface area contributed by atoms with E-state index < -0.39 is 0 Å². The molecule has 72 valence electrons. The molecule has 13 heavy (non-hydrogen) atoms. The first kappa shape index (κ1) is 11.1. The number of hydrogen-bond donors (Lipinski definition) is 1. The number of halogens is 3. The summed E-state index contributed by atoms with van der Waals surface area (Å²) in [6, 6.07) is 5.88. The lowest BCUT2D eigenvalue weighted by molar-refractivity contribution is 0.991. The Morgan fingerprint density at radius 3 is 2.38 bits per heavy atom. The molecule has 0 saturated heterocycles. The van der Waals surface area contributed by atoms with Gasteiger partial charge in [-0.15, -0.1) is 12.4 Å². The van der Waals surface area contributed by atoms with Gasteiger partial charge in [-0.05, 0) is 24.1 Å². The molecule has 0 heterocycles. The van der Waals surface area contributed by atoms with Crippen molar-refractivity contribution in [3.05, 3.63) is 33.8 Å². The van der Waals surface area contributed by atoms with Crippen LogP contribution in [0.3, 0.4) is 0 Å². The van der Waals surface area contributed by atoms with Crippen LogP contribution < -0.4 is 5.73 Å². The largest absolute Gasteiger partial charge is 0.327 e. The quantitative estimate of drug-likeness (QED) is 0.799. The molecule has 0 unspecified atom stereocenters. The van der Waals surface area contributed by atoms with Crippen LogP contribution in [0, 0.1) is 0 Å². The summed E-state index contributed by atoms with van der Waals surface area (Å²) in [5.74, 6) is 0.453. The van der Waals surface area contributed by atoms with Crippen LogP contribution in [0.5, 0.6) is 0 Å². The van der Waals surface area contributed by atoms with Gasteiger partial charge in [0.15, 0.2) is 0 Å². The third-order valence-electron chi connectivity index (χ3n) is 2.20. The van der Waals surface area contributed by atoms with Gasteiger partial charge in [0, 0.05) is 22.0 Å². The molecule has 1 fully saturated rings. The molecule has 0 spiro atoms. The maximum Gasteiger partial charge on any atom is 0.0456 e. The topological polar surface area (TPSA) is 26.0 Å². The SMILES string of the molecule is Cl.N[C@@H]1C[C@H]1c1ccc(Cl)cc1Cl. The zero-order chi connectivity index (χ0) is 8.72. The number of rotatable bonds is 1. The van der Waals surface area contributed by atoms with E-state index in [-0.39, 0.29) is 12.4 Å². The molecule has 0 bridgehead atoms. The summed E-state index contributed by atoms with van der Waals surface area (Å²) in [6.45, 7) is 0. The van der Waals surface area contributed by atoms with Gasteiger partial charge in [0.1, 0.15) is 0 Å². The Morgan fingerprint density at radius 2 is 1.92 bits per heavy atom. The maximum absolute atomic E-state index is 5.99. The molecular weight excluding hydrogens is 228 g/mol. The first-order valence-corrected chi connectivity index (χ1v) is 4.64. The van der Waals surface area contributed by atoms with Gasteiger partial charge in [0.05, 0.1) is 0 Å². The van der Waals surface area contributed by atoms with E-state index in [1.165, 1.54) is 0 Å². The van der Waals surface area contributed by atoms with E-state index in [9.17, 15) is 0 Å². The van der Waals surface area contributed by atoms with Crippen molar-refractivity contribution in [3.63, 3.8) is 0 Å². The Labute approximate surface area is 93.6 Å². The highest BCUT2D eigenvalue weighted by atomic mass is 35.5. The Morgan fingerprint density at radius 1 is 1.31 bits per heavy atom. The smallest absolute Gasteiger partial charge is 0.0456 e. The van der Waals surface area contributed by atoms with E-state index in [1.54, 1.807) is 6.07 Å². The van der Waals surface area contributed by atoms with E-state index in [0.717, 1.165) is 17.0 Å². The highest BCUT2D eigenvalue weighted by molar-refractivity contribution is 6.35. The second kappa shape index (κ2) is 4.05. The van der Waals surface area contributed by atoms with Crippen molar-refractivity contribution in [1.82, 2.24) is 0 Å². The van der Waals surface area contributed by atoms with Crippen molar-refractivity contribution in [2.75, 3.05) is 0 Å². The Bertz CT molecular complexity index is 314. The van der Waals surface area contributed by atoms with E-state index in [0.29, 0.717) is 17.0 Å². The summed E-state index contributed by atoms with van der Waals surface area (Å²) in [5.41, 5.74) is 6.85. The molecular formula is C9H10Cl3N. The molecule has 0 aliphatic heterocycles. The fourth-order valence-corrected chi connectivity index (χ4v) is 1.92. The number of nitrogens with two attached hydrogens (primary N) is 1. The van der Waals surface area contributed by atoms with E-state index in [4.69, 9.17) is 28.9 Å². The fourth-order valence-electron chi connectivity index (χ4n) is 1.37. The Hall–Kier alpha value is 0.0500. The van der Waals surface area contributed by atoms with Crippen molar-refractivity contribution in [1.29, 1.82) is 0 Å². The molecule has 0 radical (unpaired) electrons. The van der Waals surface area contributed by atoms with Crippen LogP contribution in [0.25, 0.3) is 0 Å². The Balaban J connectivity index is 0.000000845. The molecule has 1 nitrogen and oxygen atoms in total. The van der Waals surface area contributed by atoms with Crippen molar-refractivity contribution < 1.29 is 0 Å². The van der Waals surface area contributed by atoms with E-state index in [1.807, 2.05) is 12.1 Å². The second-order valence-corrected chi connectivity index (χ2v) is 4.02. The van der Waals surface area contributed by atoms with Gasteiger partial charge in [-0.25, -0.2) is 0 Å². The normalized spacial score (nSPS) is 25.2. The average Bonchev–Trinajstić information content (AvgIpc) is 2.66. The second-order valence-electron chi connectivity index (χ2n) is 3.17. The first-order chi connectivity index (χ1) is 5.68. The molecule has 2 rings (SSSR count). The lowest BCUT2D eigenvalue weighted by Gasteiger charge is -2.01. The van der Waals surface area contributed by atoms with E-state index in [2.05, 4.69) is 0 Å². The summed E-state index contributed by atoms with van der Waals surface area (Å²) in [6.07, 6.45) is 1.04. The van der Waals surface area contributed by atoms with Crippen LogP contribution in [0.2, 0.25) is 10.0 Å². The van der Waals surface area contributed by atoms with Crippen LogP contribution in [0.1, 0.15) is 17.9 Å². The van der Waals surface area contributed by atoms with Gasteiger partial charge in [0.2, 0.25) is 0 Å². The number of benzene rings is 1. The fraction of sp³-hybridized carbons (Fsp3) is 0.333. The van der Waals surface area contributed by atoms with E-state index >= 15 is 0 Å². The van der Waals surface area contributed by atoms with Crippen molar-refractivity contribution >= 4 is 35.6 Å². The third kappa shape index (κ3) is 2.29. The lowest BCUT2D eigenvalue weighted by Crippen LogP contribution is -2.01. The highest BCUT2D eigenvalue weighted by Gasteiger charge is 2.36. The molecule has 1 aromatic carbocycles. The highest BCUT2D eigenvalue weighted by Crippen LogP contribution is 2.42. The summed E-state index contributed by atoms with van der Waals surface area (Å²) >= 11 is 11.8. The summed E-state index contributed by atoms with van der Waals surface area (Å²) in [5, 5.41) is 1.42. The van der Waals surface area contributed by atoms with Gasteiger partial charge < -0.3 is 5.73 Å². The zero-order valence-electron chi connectivity index (χ0n) is 6.84. The summed E-state index contributed by atoms with van der Waals surface area (Å²) in [7, 11) is 0. The number of hydrogen-bond acceptors (Lipinski definition) is 1. The van der Waals surface area contributed by atoms with Crippen LogP contribution in [-0.2, 0) is 0 Å². The first-order valence-electron chi connectivity index (χ1n) is 3.89. The van der Waals surface area contributed by atoms with Crippen molar-refractivity contribution in [3.8, 4) is 0 Å². The van der Waals surface area contributed by atoms with Gasteiger partial charge in [0.25, 0.3) is 0 Å². The molecule has 2 N–H and O–H groups in total. The molecule has 4 heteroatoms. The monoisotopic (exact) mass is 237 g/mol. The zero-order valence-corrected chi connectivity index (χ0v) is 9.16. The van der Waals surface area contributed by atoms with Crippen molar-refractivity contribution in [2.24, 2.45) is 5.73 Å². The van der Waals surface area contributed by atoms with Crippen molar-refractivity contribution in [2.45, 2.75) is 18.4 Å². The van der Waals surface area contributed by atoms with Gasteiger partial charge in [-0.2, -0.15) is 0 Å². The average molecular weight is 239 g/mol. The minimum Gasteiger partial charge on any atom is -0.327 e. The Kier molecular flexibility index (Phi) is 3.47. The predicted molar refractivity (Wildman–Crippen MR) is 59.0 cm³/mol. The van der Waals surface area contributed by atoms with Crippen LogP contribution in [0.4, 0.5) is 0 Å². The lowest BCUT2D eigenvalue weighted by atomic mass is 10.1. The summed E-state index contributed by atoms with van der Waals surface area (Å²) < 4.78 is 0.